The third-order valence-electron chi connectivity index (χ3n) is 4.11. The van der Waals surface area contributed by atoms with Crippen LogP contribution in [0.2, 0.25) is 0 Å². The minimum atomic E-state index is -0.245. The highest BCUT2D eigenvalue weighted by Gasteiger charge is 2.23. The van der Waals surface area contributed by atoms with E-state index < -0.39 is 0 Å². The van der Waals surface area contributed by atoms with Crippen LogP contribution < -0.4 is 5.63 Å². The van der Waals surface area contributed by atoms with E-state index in [0.717, 1.165) is 29.7 Å². The van der Waals surface area contributed by atoms with Gasteiger partial charge in [-0.3, -0.25) is 0 Å². The molecule has 0 saturated heterocycles. The quantitative estimate of drug-likeness (QED) is 0.681. The van der Waals surface area contributed by atoms with Crippen LogP contribution in [0.3, 0.4) is 0 Å². The summed E-state index contributed by atoms with van der Waals surface area (Å²) in [5.41, 5.74) is 1.77. The van der Waals surface area contributed by atoms with Crippen LogP contribution in [0.15, 0.2) is 39.5 Å². The Balaban J connectivity index is 1.94. The molecule has 0 fully saturated rings. The van der Waals surface area contributed by atoms with Crippen LogP contribution in [0.25, 0.3) is 21.7 Å². The molecular formula is C17H15NO2S. The van der Waals surface area contributed by atoms with Gasteiger partial charge in [0.15, 0.2) is 0 Å². The van der Waals surface area contributed by atoms with Crippen molar-refractivity contribution in [2.75, 3.05) is 0 Å². The van der Waals surface area contributed by atoms with Gasteiger partial charge in [-0.1, -0.05) is 25.1 Å². The lowest BCUT2D eigenvalue weighted by molar-refractivity contribution is 0.503. The molecule has 0 radical (unpaired) electrons. The SMILES string of the molecule is C[C@H]1CCc2c(sc3nc(-c4ccccc4)oc(=O)c23)C1. The van der Waals surface area contributed by atoms with Gasteiger partial charge < -0.3 is 4.42 Å². The second kappa shape index (κ2) is 4.81. The van der Waals surface area contributed by atoms with Gasteiger partial charge in [-0.05, 0) is 42.9 Å². The molecule has 0 bridgehead atoms. The monoisotopic (exact) mass is 297 g/mol. The predicted octanol–water partition coefficient (Wildman–Crippen LogP) is 4.04. The number of hydrogen-bond acceptors (Lipinski definition) is 4. The van der Waals surface area contributed by atoms with Crippen LogP contribution in [0.5, 0.6) is 0 Å². The second-order valence-corrected chi connectivity index (χ2v) is 6.79. The highest BCUT2D eigenvalue weighted by molar-refractivity contribution is 7.18. The van der Waals surface area contributed by atoms with Crippen molar-refractivity contribution in [1.29, 1.82) is 0 Å². The minimum Gasteiger partial charge on any atom is -0.403 e. The summed E-state index contributed by atoms with van der Waals surface area (Å²) in [5.74, 6) is 1.10. The molecule has 106 valence electrons. The highest BCUT2D eigenvalue weighted by atomic mass is 32.1. The Bertz CT molecular complexity index is 864. The lowest BCUT2D eigenvalue weighted by Crippen LogP contribution is -2.11. The Labute approximate surface area is 126 Å². The number of thiophene rings is 1. The van der Waals surface area contributed by atoms with E-state index in [4.69, 9.17) is 4.42 Å². The van der Waals surface area contributed by atoms with Crippen molar-refractivity contribution < 1.29 is 4.42 Å². The molecule has 3 nitrogen and oxygen atoms in total. The van der Waals surface area contributed by atoms with Crippen LogP contribution in [-0.4, -0.2) is 4.98 Å². The Hall–Kier alpha value is -1.94. The Morgan fingerprint density at radius 2 is 2.10 bits per heavy atom. The number of benzene rings is 1. The van der Waals surface area contributed by atoms with Gasteiger partial charge in [-0.25, -0.2) is 9.78 Å². The summed E-state index contributed by atoms with van der Waals surface area (Å²) in [6, 6.07) is 9.59. The van der Waals surface area contributed by atoms with E-state index in [-0.39, 0.29) is 5.63 Å². The molecule has 1 aromatic carbocycles. The molecule has 0 unspecified atom stereocenters. The van der Waals surface area contributed by atoms with Crippen LogP contribution >= 0.6 is 11.3 Å². The van der Waals surface area contributed by atoms with Crippen LogP contribution in [-0.2, 0) is 12.8 Å². The van der Waals surface area contributed by atoms with Crippen molar-refractivity contribution in [1.82, 2.24) is 4.98 Å². The zero-order chi connectivity index (χ0) is 14.4. The summed E-state index contributed by atoms with van der Waals surface area (Å²) in [5, 5.41) is 0.710. The maximum atomic E-state index is 12.4. The molecule has 0 saturated carbocycles. The molecule has 2 heterocycles. The molecule has 4 heteroatoms. The molecule has 0 spiro atoms. The van der Waals surface area contributed by atoms with Crippen LogP contribution in [0.1, 0.15) is 23.8 Å². The average molecular weight is 297 g/mol. The number of hydrogen-bond donors (Lipinski definition) is 0. The average Bonchev–Trinajstić information content (AvgIpc) is 2.85. The predicted molar refractivity (Wildman–Crippen MR) is 84.8 cm³/mol. The van der Waals surface area contributed by atoms with E-state index in [0.29, 0.717) is 17.2 Å². The topological polar surface area (TPSA) is 43.1 Å². The first-order valence-electron chi connectivity index (χ1n) is 7.23. The maximum Gasteiger partial charge on any atom is 0.348 e. The molecule has 0 amide bonds. The Morgan fingerprint density at radius 3 is 2.90 bits per heavy atom. The molecule has 1 atom stereocenters. The second-order valence-electron chi connectivity index (χ2n) is 5.70. The van der Waals surface area contributed by atoms with Crippen molar-refractivity contribution in [2.45, 2.75) is 26.2 Å². The van der Waals surface area contributed by atoms with Gasteiger partial charge in [-0.15, -0.1) is 11.3 Å². The normalized spacial score (nSPS) is 17.9. The molecule has 1 aliphatic carbocycles. The van der Waals surface area contributed by atoms with E-state index in [2.05, 4.69) is 11.9 Å². The summed E-state index contributed by atoms with van der Waals surface area (Å²) < 4.78 is 5.47. The number of fused-ring (bicyclic) bond motifs is 3. The fraction of sp³-hybridized carbons (Fsp3) is 0.294. The van der Waals surface area contributed by atoms with Gasteiger partial charge in [0, 0.05) is 10.4 Å². The van der Waals surface area contributed by atoms with Crippen molar-refractivity contribution in [2.24, 2.45) is 5.92 Å². The van der Waals surface area contributed by atoms with Crippen molar-refractivity contribution in [3.63, 3.8) is 0 Å². The zero-order valence-corrected chi connectivity index (χ0v) is 12.6. The number of rotatable bonds is 1. The summed E-state index contributed by atoms with van der Waals surface area (Å²) >= 11 is 1.66. The van der Waals surface area contributed by atoms with E-state index in [1.807, 2.05) is 30.3 Å². The third-order valence-corrected chi connectivity index (χ3v) is 5.26. The fourth-order valence-corrected chi connectivity index (χ4v) is 4.35. The van der Waals surface area contributed by atoms with E-state index in [1.54, 1.807) is 11.3 Å². The van der Waals surface area contributed by atoms with Gasteiger partial charge in [0.2, 0.25) is 5.89 Å². The van der Waals surface area contributed by atoms with E-state index >= 15 is 0 Å². The fourth-order valence-electron chi connectivity index (χ4n) is 2.98. The minimum absolute atomic E-state index is 0.245. The van der Waals surface area contributed by atoms with Gasteiger partial charge in [0.25, 0.3) is 0 Å². The highest BCUT2D eigenvalue weighted by Crippen LogP contribution is 2.36. The largest absolute Gasteiger partial charge is 0.403 e. The molecule has 4 rings (SSSR count). The molecule has 1 aliphatic rings. The number of aryl methyl sites for hydroxylation is 1. The van der Waals surface area contributed by atoms with Crippen LogP contribution in [0, 0.1) is 5.92 Å². The van der Waals surface area contributed by atoms with Crippen molar-refractivity contribution in [3.05, 3.63) is 51.2 Å². The Kier molecular flexibility index (Phi) is 2.93. The molecule has 21 heavy (non-hydrogen) atoms. The lowest BCUT2D eigenvalue weighted by atomic mass is 9.89. The molecular weight excluding hydrogens is 282 g/mol. The number of aromatic nitrogens is 1. The van der Waals surface area contributed by atoms with E-state index in [1.165, 1.54) is 10.4 Å². The first kappa shape index (κ1) is 12.8. The van der Waals surface area contributed by atoms with Gasteiger partial charge in [-0.2, -0.15) is 0 Å². The Morgan fingerprint density at radius 1 is 1.29 bits per heavy atom. The van der Waals surface area contributed by atoms with Crippen molar-refractivity contribution >= 4 is 21.6 Å². The molecule has 0 N–H and O–H groups in total. The van der Waals surface area contributed by atoms with E-state index in [9.17, 15) is 4.79 Å². The first-order valence-corrected chi connectivity index (χ1v) is 8.05. The zero-order valence-electron chi connectivity index (χ0n) is 11.8. The van der Waals surface area contributed by atoms with Gasteiger partial charge >= 0.3 is 5.63 Å². The third kappa shape index (κ3) is 2.10. The van der Waals surface area contributed by atoms with Crippen LogP contribution in [0.4, 0.5) is 0 Å². The maximum absolute atomic E-state index is 12.4. The summed E-state index contributed by atoms with van der Waals surface area (Å²) in [7, 11) is 0. The molecule has 3 aromatic rings. The molecule has 0 aliphatic heterocycles. The lowest BCUT2D eigenvalue weighted by Gasteiger charge is -2.17. The van der Waals surface area contributed by atoms with Gasteiger partial charge in [0.1, 0.15) is 10.2 Å². The first-order chi connectivity index (χ1) is 10.2. The van der Waals surface area contributed by atoms with Gasteiger partial charge in [0.05, 0.1) is 0 Å². The summed E-state index contributed by atoms with van der Waals surface area (Å²) in [6.07, 6.45) is 3.16. The van der Waals surface area contributed by atoms with Crippen molar-refractivity contribution in [3.8, 4) is 11.5 Å². The standard InChI is InChI=1S/C17H15NO2S/c1-10-7-8-12-13(9-10)21-16-14(12)17(19)20-15(18-16)11-5-3-2-4-6-11/h2-6,10H,7-9H2,1H3/t10-/m0/s1. The molecule has 2 aromatic heterocycles. The smallest absolute Gasteiger partial charge is 0.348 e. The summed E-state index contributed by atoms with van der Waals surface area (Å²) in [4.78, 5) is 19.1. The summed E-state index contributed by atoms with van der Waals surface area (Å²) in [6.45, 7) is 2.26. The number of nitrogens with zero attached hydrogens (tertiary/aromatic N) is 1.